The average molecular weight is 472 g/mol. The molecule has 0 saturated heterocycles. The Labute approximate surface area is 185 Å². The SMILES string of the molecule is Cc1cccc2c1[CH-]N(C)CC2.O=CCNCC1(O)CCCCC1.[Pr]. The number of nitrogens with one attached hydrogen (secondary N) is 1. The van der Waals surface area contributed by atoms with Crippen LogP contribution < -0.4 is 5.32 Å². The van der Waals surface area contributed by atoms with E-state index in [9.17, 15) is 9.90 Å². The molecule has 1 heterocycles. The van der Waals surface area contributed by atoms with Crippen LogP contribution in [0.25, 0.3) is 0 Å². The largest absolute Gasteiger partial charge is 0.389 e. The van der Waals surface area contributed by atoms with Crippen LogP contribution in [0.5, 0.6) is 0 Å². The fourth-order valence-electron chi connectivity index (χ4n) is 3.48. The molecule has 0 spiro atoms. The number of fused-ring (bicyclic) bond motifs is 1. The maximum Gasteiger partial charge on any atom is 0.133 e. The zero-order valence-electron chi connectivity index (χ0n) is 15.6. The first-order chi connectivity index (χ1) is 11.5. The first kappa shape index (κ1) is 23.0. The summed E-state index contributed by atoms with van der Waals surface area (Å²) in [6.07, 6.45) is 7.21. The van der Waals surface area contributed by atoms with E-state index >= 15 is 0 Å². The Kier molecular flexibility index (Phi) is 10.7. The van der Waals surface area contributed by atoms with Crippen LogP contribution in [0.3, 0.4) is 0 Å². The Hall–Kier alpha value is 0.00364. The van der Waals surface area contributed by atoms with Gasteiger partial charge >= 0.3 is 0 Å². The van der Waals surface area contributed by atoms with Gasteiger partial charge in [-0.15, -0.1) is 24.2 Å². The van der Waals surface area contributed by atoms with Crippen molar-refractivity contribution < 1.29 is 51.2 Å². The maximum atomic E-state index is 10.0. The van der Waals surface area contributed by atoms with E-state index in [1.54, 1.807) is 0 Å². The van der Waals surface area contributed by atoms with Gasteiger partial charge in [-0.25, -0.2) is 0 Å². The van der Waals surface area contributed by atoms with Gasteiger partial charge in [0.05, 0.1) is 12.1 Å². The molecule has 1 aromatic carbocycles. The Morgan fingerprint density at radius 3 is 2.72 bits per heavy atom. The number of aryl methyl sites for hydroxylation is 1. The second-order valence-corrected chi connectivity index (χ2v) is 7.09. The number of carbonyl (C=O) groups is 1. The van der Waals surface area contributed by atoms with Crippen molar-refractivity contribution >= 4 is 6.29 Å². The molecule has 0 aromatic heterocycles. The molecular formula is C20H31N2O2Pr-. The van der Waals surface area contributed by atoms with Crippen LogP contribution in [0, 0.1) is 54.8 Å². The monoisotopic (exact) mass is 472 g/mol. The fraction of sp³-hybridized carbons (Fsp3) is 0.600. The van der Waals surface area contributed by atoms with Gasteiger partial charge in [-0.05, 0) is 26.4 Å². The van der Waals surface area contributed by atoms with E-state index in [1.807, 2.05) is 0 Å². The summed E-state index contributed by atoms with van der Waals surface area (Å²) in [5.41, 5.74) is 3.76. The molecule has 2 aliphatic rings. The van der Waals surface area contributed by atoms with Crippen molar-refractivity contribution in [3.8, 4) is 0 Å². The summed E-state index contributed by atoms with van der Waals surface area (Å²) in [5, 5.41) is 12.8. The molecule has 1 aliphatic carbocycles. The third-order valence-electron chi connectivity index (χ3n) is 4.96. The number of aldehydes is 1. The van der Waals surface area contributed by atoms with Crippen molar-refractivity contribution in [2.24, 2.45) is 0 Å². The third-order valence-corrected chi connectivity index (χ3v) is 4.96. The van der Waals surface area contributed by atoms with Gasteiger partial charge in [0.25, 0.3) is 0 Å². The molecule has 0 bridgehead atoms. The van der Waals surface area contributed by atoms with E-state index in [0.29, 0.717) is 13.1 Å². The van der Waals surface area contributed by atoms with Gasteiger partial charge in [-0.3, -0.25) is 0 Å². The number of nitrogens with zero attached hydrogens (tertiary/aromatic N) is 1. The van der Waals surface area contributed by atoms with Crippen molar-refractivity contribution in [2.75, 3.05) is 26.7 Å². The quantitative estimate of drug-likeness (QED) is 0.402. The van der Waals surface area contributed by atoms with Crippen molar-refractivity contribution in [1.29, 1.82) is 0 Å². The third kappa shape index (κ3) is 7.64. The van der Waals surface area contributed by atoms with Gasteiger partial charge in [0, 0.05) is 47.8 Å². The number of hydrogen-bond acceptors (Lipinski definition) is 4. The van der Waals surface area contributed by atoms with Crippen LogP contribution in [0.1, 0.15) is 48.8 Å². The summed E-state index contributed by atoms with van der Waals surface area (Å²) in [5.74, 6) is 0. The molecule has 0 amide bonds. The van der Waals surface area contributed by atoms with E-state index in [0.717, 1.165) is 38.5 Å². The van der Waals surface area contributed by atoms with E-state index in [-0.39, 0.29) is 41.3 Å². The number of aliphatic hydroxyl groups is 1. The van der Waals surface area contributed by atoms with Crippen LogP contribution in [0.2, 0.25) is 0 Å². The number of likely N-dealkylation sites (N-methyl/N-ethyl adjacent to an activating group) is 1. The zero-order valence-corrected chi connectivity index (χ0v) is 19.3. The molecule has 1 radical (unpaired) electrons. The molecule has 3 rings (SSSR count). The van der Waals surface area contributed by atoms with Gasteiger partial charge in [0.1, 0.15) is 6.29 Å². The Bertz CT molecular complexity index is 530. The summed E-state index contributed by atoms with van der Waals surface area (Å²) in [6.45, 7) is 6.48. The first-order valence-electron chi connectivity index (χ1n) is 9.04. The number of rotatable bonds is 4. The molecule has 1 aromatic rings. The molecule has 5 heteroatoms. The van der Waals surface area contributed by atoms with Crippen LogP contribution in [0.15, 0.2) is 18.2 Å². The Balaban J connectivity index is 0.000000240. The minimum atomic E-state index is -0.540. The van der Waals surface area contributed by atoms with E-state index in [2.05, 4.69) is 48.9 Å². The number of benzene rings is 1. The fourth-order valence-corrected chi connectivity index (χ4v) is 3.48. The second-order valence-electron chi connectivity index (χ2n) is 7.09. The van der Waals surface area contributed by atoms with Crippen molar-refractivity contribution in [2.45, 2.75) is 51.0 Å². The standard InChI is InChI=1S/C11H14N.C9H17NO2.Pr/c1-9-4-3-5-10-6-7-12(2)8-11(9)10;11-7-6-10-8-9(12)4-2-1-3-5-9;/h3-5,8H,6-7H2,1-2H3;7,10,12H,1-6,8H2;/q-1;;. The van der Waals surface area contributed by atoms with E-state index in [4.69, 9.17) is 0 Å². The molecule has 1 fully saturated rings. The summed E-state index contributed by atoms with van der Waals surface area (Å²) in [7, 11) is 2.13. The molecule has 1 saturated carbocycles. The van der Waals surface area contributed by atoms with Crippen molar-refractivity contribution in [3.05, 3.63) is 41.4 Å². The van der Waals surface area contributed by atoms with Gasteiger partial charge in [-0.1, -0.05) is 38.7 Å². The van der Waals surface area contributed by atoms with Gasteiger partial charge < -0.3 is 20.1 Å². The van der Waals surface area contributed by atoms with Gasteiger partial charge in [-0.2, -0.15) is 11.1 Å². The molecule has 0 atom stereocenters. The van der Waals surface area contributed by atoms with E-state index < -0.39 is 5.60 Å². The minimum Gasteiger partial charge on any atom is -0.389 e. The molecular weight excluding hydrogens is 441 g/mol. The summed E-state index contributed by atoms with van der Waals surface area (Å²) in [6, 6.07) is 6.55. The zero-order chi connectivity index (χ0) is 17.4. The molecule has 0 unspecified atom stereocenters. The van der Waals surface area contributed by atoms with Crippen molar-refractivity contribution in [3.63, 3.8) is 0 Å². The van der Waals surface area contributed by atoms with Crippen LogP contribution in [-0.4, -0.2) is 48.6 Å². The topological polar surface area (TPSA) is 52.6 Å². The molecule has 2 N–H and O–H groups in total. The minimum absolute atomic E-state index is 0. The average Bonchev–Trinajstić information content (AvgIpc) is 2.57. The van der Waals surface area contributed by atoms with Crippen LogP contribution in [0.4, 0.5) is 0 Å². The van der Waals surface area contributed by atoms with Crippen LogP contribution in [-0.2, 0) is 11.2 Å². The van der Waals surface area contributed by atoms with E-state index in [1.165, 1.54) is 29.5 Å². The Morgan fingerprint density at radius 2 is 2.04 bits per heavy atom. The molecule has 137 valence electrons. The second kappa shape index (κ2) is 11.7. The smallest absolute Gasteiger partial charge is 0.133 e. The first-order valence-corrected chi connectivity index (χ1v) is 9.04. The van der Waals surface area contributed by atoms with Gasteiger partial charge in [0.15, 0.2) is 0 Å². The summed E-state index contributed by atoms with van der Waals surface area (Å²) >= 11 is 0. The molecule has 25 heavy (non-hydrogen) atoms. The Morgan fingerprint density at radius 1 is 1.32 bits per heavy atom. The maximum absolute atomic E-state index is 10.0. The van der Waals surface area contributed by atoms with Crippen LogP contribution >= 0.6 is 0 Å². The summed E-state index contributed by atoms with van der Waals surface area (Å²) < 4.78 is 0. The predicted octanol–water partition coefficient (Wildman–Crippen LogP) is 2.46. The molecule has 1 aliphatic heterocycles. The van der Waals surface area contributed by atoms with Crippen molar-refractivity contribution in [1.82, 2.24) is 10.2 Å². The normalized spacial score (nSPS) is 18.7. The summed E-state index contributed by atoms with van der Waals surface area (Å²) in [4.78, 5) is 12.3. The number of carbonyl (C=O) groups excluding carboxylic acids is 1. The predicted molar refractivity (Wildman–Crippen MR) is 97.9 cm³/mol. The molecule has 4 nitrogen and oxygen atoms in total. The number of hydrogen-bond donors (Lipinski definition) is 2. The van der Waals surface area contributed by atoms with Gasteiger partial charge in [0.2, 0.25) is 0 Å².